The van der Waals surface area contributed by atoms with Crippen molar-refractivity contribution < 1.29 is 0 Å². The van der Waals surface area contributed by atoms with Crippen LogP contribution in [0.25, 0.3) is 22.4 Å². The molecule has 4 nitrogen and oxygen atoms in total. The zero-order valence-corrected chi connectivity index (χ0v) is 14.3. The second kappa shape index (κ2) is 5.85. The van der Waals surface area contributed by atoms with Crippen LogP contribution >= 0.6 is 22.9 Å². The van der Waals surface area contributed by atoms with E-state index in [0.717, 1.165) is 16.7 Å². The van der Waals surface area contributed by atoms with Crippen molar-refractivity contribution in [3.8, 4) is 11.4 Å². The normalized spacial score (nSPS) is 12.2. The maximum atomic E-state index is 12.8. The molecule has 0 aliphatic heterocycles. The molecule has 0 saturated carbocycles. The predicted molar refractivity (Wildman–Crippen MR) is 97.5 cm³/mol. The summed E-state index contributed by atoms with van der Waals surface area (Å²) < 4.78 is 2.15. The SMILES string of the molecule is Cc1ccccc1-c1nnc2sc(=Cc3ccccc3Cl)c(=O)n12. The first-order valence-electron chi connectivity index (χ1n) is 7.35. The van der Waals surface area contributed by atoms with Crippen molar-refractivity contribution in [2.24, 2.45) is 0 Å². The molecule has 0 bridgehead atoms. The number of aryl methyl sites for hydroxylation is 1. The number of thiazole rings is 1. The monoisotopic (exact) mass is 353 g/mol. The summed E-state index contributed by atoms with van der Waals surface area (Å²) in [7, 11) is 0. The number of hydrogen-bond donors (Lipinski definition) is 0. The van der Waals surface area contributed by atoms with E-state index in [1.807, 2.05) is 49.4 Å². The van der Waals surface area contributed by atoms with Gasteiger partial charge in [-0.3, -0.25) is 4.79 Å². The van der Waals surface area contributed by atoms with Gasteiger partial charge in [-0.1, -0.05) is 65.4 Å². The van der Waals surface area contributed by atoms with Gasteiger partial charge in [0.05, 0.1) is 4.53 Å². The Morgan fingerprint density at radius 2 is 1.83 bits per heavy atom. The number of benzene rings is 2. The summed E-state index contributed by atoms with van der Waals surface area (Å²) >= 11 is 7.50. The van der Waals surface area contributed by atoms with Crippen molar-refractivity contribution in [2.45, 2.75) is 6.92 Å². The van der Waals surface area contributed by atoms with Crippen LogP contribution in [0.15, 0.2) is 53.3 Å². The average Bonchev–Trinajstić information content (AvgIpc) is 3.11. The molecule has 0 amide bonds. The molecule has 0 radical (unpaired) electrons. The fourth-order valence-electron chi connectivity index (χ4n) is 2.59. The van der Waals surface area contributed by atoms with Gasteiger partial charge in [-0.15, -0.1) is 10.2 Å². The van der Waals surface area contributed by atoms with E-state index in [4.69, 9.17) is 11.6 Å². The van der Waals surface area contributed by atoms with E-state index in [2.05, 4.69) is 10.2 Å². The third-order valence-corrected chi connectivity index (χ3v) is 5.13. The molecule has 2 aromatic heterocycles. The molecule has 4 aromatic rings. The van der Waals surface area contributed by atoms with Gasteiger partial charge in [-0.2, -0.15) is 0 Å². The Kier molecular flexibility index (Phi) is 3.67. The number of hydrogen-bond acceptors (Lipinski definition) is 4. The molecular formula is C18H12ClN3OS. The molecule has 0 atom stereocenters. The smallest absolute Gasteiger partial charge is 0.267 e. The van der Waals surface area contributed by atoms with Crippen LogP contribution in [0.2, 0.25) is 5.02 Å². The van der Waals surface area contributed by atoms with E-state index >= 15 is 0 Å². The number of nitrogens with zero attached hydrogens (tertiary/aromatic N) is 3. The number of halogens is 1. The van der Waals surface area contributed by atoms with Gasteiger partial charge < -0.3 is 0 Å². The lowest BCUT2D eigenvalue weighted by Crippen LogP contribution is -2.23. The first-order valence-corrected chi connectivity index (χ1v) is 8.55. The van der Waals surface area contributed by atoms with Crippen LogP contribution in [0.5, 0.6) is 0 Å². The highest BCUT2D eigenvalue weighted by molar-refractivity contribution is 7.15. The van der Waals surface area contributed by atoms with Crippen LogP contribution in [0.4, 0.5) is 0 Å². The maximum absolute atomic E-state index is 12.8. The van der Waals surface area contributed by atoms with E-state index < -0.39 is 0 Å². The zero-order chi connectivity index (χ0) is 16.7. The Balaban J connectivity index is 1.97. The van der Waals surface area contributed by atoms with Crippen molar-refractivity contribution in [3.63, 3.8) is 0 Å². The lowest BCUT2D eigenvalue weighted by atomic mass is 10.1. The van der Waals surface area contributed by atoms with E-state index in [9.17, 15) is 4.79 Å². The summed E-state index contributed by atoms with van der Waals surface area (Å²) in [6.45, 7) is 1.99. The minimum Gasteiger partial charge on any atom is -0.267 e. The fourth-order valence-corrected chi connectivity index (χ4v) is 3.69. The molecule has 0 N–H and O–H groups in total. The van der Waals surface area contributed by atoms with E-state index in [1.54, 1.807) is 16.5 Å². The summed E-state index contributed by atoms with van der Waals surface area (Å²) in [6.07, 6.45) is 1.80. The Hall–Kier alpha value is -2.50. The second-order valence-corrected chi connectivity index (χ2v) is 6.81. The molecule has 0 aliphatic rings. The highest BCUT2D eigenvalue weighted by Gasteiger charge is 2.15. The lowest BCUT2D eigenvalue weighted by Gasteiger charge is -2.01. The lowest BCUT2D eigenvalue weighted by molar-refractivity contribution is 1.09. The number of aromatic nitrogens is 3. The number of rotatable bonds is 2. The molecule has 0 unspecified atom stereocenters. The van der Waals surface area contributed by atoms with Crippen molar-refractivity contribution in [3.05, 3.63) is 79.6 Å². The summed E-state index contributed by atoms with van der Waals surface area (Å²) in [5, 5.41) is 8.97. The van der Waals surface area contributed by atoms with E-state index in [-0.39, 0.29) is 5.56 Å². The van der Waals surface area contributed by atoms with Gasteiger partial charge in [-0.05, 0) is 30.2 Å². The van der Waals surface area contributed by atoms with Gasteiger partial charge in [0.25, 0.3) is 5.56 Å². The van der Waals surface area contributed by atoms with Crippen LogP contribution in [-0.2, 0) is 0 Å². The van der Waals surface area contributed by atoms with E-state index in [0.29, 0.717) is 20.3 Å². The zero-order valence-electron chi connectivity index (χ0n) is 12.7. The Bertz CT molecular complexity index is 1160. The van der Waals surface area contributed by atoms with Crippen molar-refractivity contribution in [2.75, 3.05) is 0 Å². The van der Waals surface area contributed by atoms with Gasteiger partial charge >= 0.3 is 0 Å². The molecule has 0 saturated heterocycles. The maximum Gasteiger partial charge on any atom is 0.276 e. The molecule has 2 heterocycles. The largest absolute Gasteiger partial charge is 0.276 e. The van der Waals surface area contributed by atoms with Crippen LogP contribution in [0.3, 0.4) is 0 Å². The second-order valence-electron chi connectivity index (χ2n) is 5.39. The molecular weight excluding hydrogens is 342 g/mol. The molecule has 0 spiro atoms. The minimum absolute atomic E-state index is 0.127. The third-order valence-electron chi connectivity index (χ3n) is 3.83. The standard InChI is InChI=1S/C18H12ClN3OS/c1-11-6-2-4-8-13(11)16-20-21-18-22(16)17(23)15(24-18)10-12-7-3-5-9-14(12)19/h2-10H,1H3. The highest BCUT2D eigenvalue weighted by atomic mass is 35.5. The summed E-state index contributed by atoms with van der Waals surface area (Å²) in [4.78, 5) is 13.4. The number of fused-ring (bicyclic) bond motifs is 1. The van der Waals surface area contributed by atoms with Gasteiger partial charge in [0.2, 0.25) is 4.96 Å². The van der Waals surface area contributed by atoms with Crippen LogP contribution in [0, 0.1) is 6.92 Å². The van der Waals surface area contributed by atoms with Crippen molar-refractivity contribution in [1.29, 1.82) is 0 Å². The Labute approximate surface area is 146 Å². The Morgan fingerprint density at radius 1 is 1.08 bits per heavy atom. The van der Waals surface area contributed by atoms with Crippen molar-refractivity contribution in [1.82, 2.24) is 14.6 Å². The minimum atomic E-state index is -0.127. The summed E-state index contributed by atoms with van der Waals surface area (Å²) in [5.41, 5.74) is 2.64. The first kappa shape index (κ1) is 15.1. The van der Waals surface area contributed by atoms with Crippen molar-refractivity contribution >= 4 is 34.0 Å². The highest BCUT2D eigenvalue weighted by Crippen LogP contribution is 2.21. The predicted octanol–water partition coefficient (Wildman–Crippen LogP) is 3.33. The molecule has 118 valence electrons. The third kappa shape index (κ3) is 2.42. The van der Waals surface area contributed by atoms with Crippen LogP contribution in [0.1, 0.15) is 11.1 Å². The van der Waals surface area contributed by atoms with Crippen LogP contribution in [-0.4, -0.2) is 14.6 Å². The van der Waals surface area contributed by atoms with Gasteiger partial charge in [0, 0.05) is 10.6 Å². The topological polar surface area (TPSA) is 47.3 Å². The Morgan fingerprint density at radius 3 is 2.62 bits per heavy atom. The summed E-state index contributed by atoms with van der Waals surface area (Å²) in [6, 6.07) is 15.3. The van der Waals surface area contributed by atoms with Crippen LogP contribution < -0.4 is 10.1 Å². The molecule has 24 heavy (non-hydrogen) atoms. The quantitative estimate of drug-likeness (QED) is 0.555. The van der Waals surface area contributed by atoms with Gasteiger partial charge in [0.1, 0.15) is 0 Å². The van der Waals surface area contributed by atoms with Gasteiger partial charge in [-0.25, -0.2) is 4.40 Å². The fraction of sp³-hybridized carbons (Fsp3) is 0.0556. The molecule has 4 rings (SSSR count). The molecule has 0 aliphatic carbocycles. The molecule has 6 heteroatoms. The summed E-state index contributed by atoms with van der Waals surface area (Å²) in [5.74, 6) is 0.572. The first-order chi connectivity index (χ1) is 11.6. The average molecular weight is 354 g/mol. The van der Waals surface area contributed by atoms with Gasteiger partial charge in [0.15, 0.2) is 5.82 Å². The molecule has 0 fully saturated rings. The molecule has 2 aromatic carbocycles. The van der Waals surface area contributed by atoms with E-state index in [1.165, 1.54) is 11.3 Å².